The zero-order valence-electron chi connectivity index (χ0n) is 16.6. The van der Waals surface area contributed by atoms with Crippen molar-refractivity contribution in [1.29, 1.82) is 0 Å². The SMILES string of the molecule is CCOC(=O)C(OCC)N1CCN2c3ccccc3Cc3ccccc3C2C1. The lowest BCUT2D eigenvalue weighted by molar-refractivity contribution is -0.171. The van der Waals surface area contributed by atoms with Crippen LogP contribution in [0.15, 0.2) is 48.5 Å². The smallest absolute Gasteiger partial charge is 0.350 e. The minimum absolute atomic E-state index is 0.186. The van der Waals surface area contributed by atoms with Crippen LogP contribution in [0.1, 0.15) is 36.6 Å². The number of fused-ring (bicyclic) bond motifs is 5. The van der Waals surface area contributed by atoms with E-state index in [1.165, 1.54) is 22.4 Å². The number of hydrogen-bond donors (Lipinski definition) is 0. The predicted molar refractivity (Wildman–Crippen MR) is 109 cm³/mol. The van der Waals surface area contributed by atoms with E-state index in [-0.39, 0.29) is 12.0 Å². The Morgan fingerprint density at radius 3 is 2.57 bits per heavy atom. The number of esters is 1. The Morgan fingerprint density at radius 1 is 1.04 bits per heavy atom. The average Bonchev–Trinajstić information content (AvgIpc) is 2.86. The molecule has 28 heavy (non-hydrogen) atoms. The minimum atomic E-state index is -0.641. The predicted octanol–water partition coefficient (Wildman–Crippen LogP) is 3.38. The lowest BCUT2D eigenvalue weighted by atomic mass is 9.96. The first kappa shape index (κ1) is 19.0. The van der Waals surface area contributed by atoms with E-state index in [1.807, 2.05) is 13.8 Å². The van der Waals surface area contributed by atoms with Gasteiger partial charge in [0.05, 0.1) is 12.6 Å². The van der Waals surface area contributed by atoms with E-state index in [0.29, 0.717) is 13.2 Å². The maximum absolute atomic E-state index is 12.5. The molecule has 0 amide bonds. The molecule has 2 unspecified atom stereocenters. The van der Waals surface area contributed by atoms with Gasteiger partial charge in [-0.25, -0.2) is 4.79 Å². The number of ether oxygens (including phenoxy) is 2. The number of benzene rings is 2. The first-order valence-electron chi connectivity index (χ1n) is 10.2. The fraction of sp³-hybridized carbons (Fsp3) is 0.435. The summed E-state index contributed by atoms with van der Waals surface area (Å²) in [6.45, 7) is 6.93. The van der Waals surface area contributed by atoms with Crippen LogP contribution in [-0.4, -0.2) is 49.9 Å². The second-order valence-corrected chi connectivity index (χ2v) is 7.27. The van der Waals surface area contributed by atoms with E-state index >= 15 is 0 Å². The summed E-state index contributed by atoms with van der Waals surface area (Å²) in [4.78, 5) is 17.1. The maximum atomic E-state index is 12.5. The fourth-order valence-corrected chi connectivity index (χ4v) is 4.43. The van der Waals surface area contributed by atoms with Gasteiger partial charge in [-0.2, -0.15) is 0 Å². The Hall–Kier alpha value is -2.37. The maximum Gasteiger partial charge on any atom is 0.350 e. The molecule has 0 radical (unpaired) electrons. The van der Waals surface area contributed by atoms with Crippen molar-refractivity contribution < 1.29 is 14.3 Å². The van der Waals surface area contributed by atoms with Gasteiger partial charge in [0.2, 0.25) is 6.23 Å². The lowest BCUT2D eigenvalue weighted by Gasteiger charge is -2.44. The number of piperazine rings is 1. The molecule has 2 atom stereocenters. The van der Waals surface area contributed by atoms with E-state index in [2.05, 4.69) is 58.3 Å². The van der Waals surface area contributed by atoms with Crippen LogP contribution < -0.4 is 4.90 Å². The molecule has 2 aromatic carbocycles. The quantitative estimate of drug-likeness (QED) is 0.744. The number of carbonyl (C=O) groups excluding carboxylic acids is 1. The van der Waals surface area contributed by atoms with Crippen LogP contribution in [0.25, 0.3) is 0 Å². The van der Waals surface area contributed by atoms with Gasteiger partial charge in [0, 0.05) is 31.9 Å². The molecule has 4 rings (SSSR count). The summed E-state index contributed by atoms with van der Waals surface area (Å²) < 4.78 is 11.1. The molecule has 2 aromatic rings. The normalized spacial score (nSPS) is 19.8. The topological polar surface area (TPSA) is 42.0 Å². The largest absolute Gasteiger partial charge is 0.463 e. The van der Waals surface area contributed by atoms with Crippen molar-refractivity contribution in [2.45, 2.75) is 32.5 Å². The number of hydrogen-bond acceptors (Lipinski definition) is 5. The van der Waals surface area contributed by atoms with Crippen molar-refractivity contribution in [3.05, 3.63) is 65.2 Å². The number of rotatable bonds is 5. The van der Waals surface area contributed by atoms with Crippen LogP contribution in [0.4, 0.5) is 5.69 Å². The molecule has 5 nitrogen and oxygen atoms in total. The van der Waals surface area contributed by atoms with Crippen LogP contribution >= 0.6 is 0 Å². The third-order valence-electron chi connectivity index (χ3n) is 5.65. The second-order valence-electron chi connectivity index (χ2n) is 7.27. The molecule has 2 aliphatic rings. The summed E-state index contributed by atoms with van der Waals surface area (Å²) in [6.07, 6.45) is 0.296. The molecule has 0 bridgehead atoms. The van der Waals surface area contributed by atoms with E-state index in [4.69, 9.17) is 9.47 Å². The first-order chi connectivity index (χ1) is 13.7. The molecule has 0 aromatic heterocycles. The molecule has 1 fully saturated rings. The fourth-order valence-electron chi connectivity index (χ4n) is 4.43. The Bertz CT molecular complexity index is 838. The Labute approximate surface area is 166 Å². The molecule has 1 saturated heterocycles. The Morgan fingerprint density at radius 2 is 1.79 bits per heavy atom. The van der Waals surface area contributed by atoms with Crippen LogP contribution in [-0.2, 0) is 20.7 Å². The summed E-state index contributed by atoms with van der Waals surface area (Å²) >= 11 is 0. The number of para-hydroxylation sites is 1. The van der Waals surface area contributed by atoms with Crippen LogP contribution in [0.5, 0.6) is 0 Å². The van der Waals surface area contributed by atoms with Gasteiger partial charge in [-0.05, 0) is 43.0 Å². The highest BCUT2D eigenvalue weighted by Gasteiger charge is 2.38. The van der Waals surface area contributed by atoms with E-state index in [0.717, 1.165) is 26.1 Å². The highest BCUT2D eigenvalue weighted by molar-refractivity contribution is 5.74. The lowest BCUT2D eigenvalue weighted by Crippen LogP contribution is -2.55. The third kappa shape index (κ3) is 3.52. The summed E-state index contributed by atoms with van der Waals surface area (Å²) in [5, 5.41) is 0. The molecule has 148 valence electrons. The number of anilines is 1. The molecule has 2 aliphatic heterocycles. The van der Waals surface area contributed by atoms with Gasteiger partial charge in [-0.15, -0.1) is 0 Å². The molecule has 0 aliphatic carbocycles. The van der Waals surface area contributed by atoms with Crippen LogP contribution in [0, 0.1) is 0 Å². The van der Waals surface area contributed by atoms with Gasteiger partial charge < -0.3 is 14.4 Å². The van der Waals surface area contributed by atoms with Gasteiger partial charge in [0.25, 0.3) is 0 Å². The molecule has 5 heteroatoms. The van der Waals surface area contributed by atoms with Crippen molar-refractivity contribution in [2.75, 3.05) is 37.7 Å². The highest BCUT2D eigenvalue weighted by atomic mass is 16.6. The molecule has 0 spiro atoms. The van der Waals surface area contributed by atoms with Crippen molar-refractivity contribution in [3.63, 3.8) is 0 Å². The summed E-state index contributed by atoms with van der Waals surface area (Å²) in [5.41, 5.74) is 5.35. The summed E-state index contributed by atoms with van der Waals surface area (Å²) in [7, 11) is 0. The molecular weight excluding hydrogens is 352 g/mol. The minimum Gasteiger partial charge on any atom is -0.463 e. The molecular formula is C23H28N2O3. The molecule has 0 saturated carbocycles. The van der Waals surface area contributed by atoms with Gasteiger partial charge in [-0.1, -0.05) is 42.5 Å². The van der Waals surface area contributed by atoms with Gasteiger partial charge in [0.15, 0.2) is 0 Å². The average molecular weight is 380 g/mol. The van der Waals surface area contributed by atoms with Crippen LogP contribution in [0.2, 0.25) is 0 Å². The van der Waals surface area contributed by atoms with E-state index < -0.39 is 6.23 Å². The molecule has 2 heterocycles. The van der Waals surface area contributed by atoms with Gasteiger partial charge in [-0.3, -0.25) is 4.90 Å². The van der Waals surface area contributed by atoms with Crippen molar-refractivity contribution >= 4 is 11.7 Å². The van der Waals surface area contributed by atoms with Crippen LogP contribution in [0.3, 0.4) is 0 Å². The van der Waals surface area contributed by atoms with E-state index in [1.54, 1.807) is 0 Å². The van der Waals surface area contributed by atoms with E-state index in [9.17, 15) is 4.79 Å². The van der Waals surface area contributed by atoms with Gasteiger partial charge in [0.1, 0.15) is 0 Å². The number of carbonyl (C=O) groups is 1. The second kappa shape index (κ2) is 8.33. The first-order valence-corrected chi connectivity index (χ1v) is 10.2. The summed E-state index contributed by atoms with van der Waals surface area (Å²) in [6, 6.07) is 17.5. The van der Waals surface area contributed by atoms with Crippen molar-refractivity contribution in [3.8, 4) is 0 Å². The van der Waals surface area contributed by atoms with Crippen molar-refractivity contribution in [1.82, 2.24) is 4.90 Å². The monoisotopic (exact) mass is 380 g/mol. The van der Waals surface area contributed by atoms with Crippen molar-refractivity contribution in [2.24, 2.45) is 0 Å². The number of nitrogens with zero attached hydrogens (tertiary/aromatic N) is 2. The Kier molecular flexibility index (Phi) is 5.64. The zero-order valence-corrected chi connectivity index (χ0v) is 16.6. The summed E-state index contributed by atoms with van der Waals surface area (Å²) in [5.74, 6) is -0.292. The third-order valence-corrected chi connectivity index (χ3v) is 5.65. The van der Waals surface area contributed by atoms with Gasteiger partial charge >= 0.3 is 5.97 Å². The zero-order chi connectivity index (χ0) is 19.5. The molecule has 0 N–H and O–H groups in total. The Balaban J connectivity index is 1.69. The standard InChI is InChI=1S/C23H28N2O3/c1-3-27-22(23(26)28-4-2)24-13-14-25-20-12-8-6-10-18(20)15-17-9-5-7-11-19(17)21(25)16-24/h5-12,21-22H,3-4,13-16H2,1-2H3. The highest BCUT2D eigenvalue weighted by Crippen LogP contribution is 2.39.